The molecule has 0 aliphatic carbocycles. The number of nitrogens with one attached hydrogen (secondary N) is 2. The molecule has 1 aliphatic heterocycles. The first kappa shape index (κ1) is 21.0. The molecule has 0 atom stereocenters. The van der Waals surface area contributed by atoms with E-state index in [0.29, 0.717) is 30.1 Å². The summed E-state index contributed by atoms with van der Waals surface area (Å²) in [6.45, 7) is 9.69. The number of alkyl halides is 3. The molecule has 1 aromatic rings. The van der Waals surface area contributed by atoms with Crippen molar-refractivity contribution in [1.29, 1.82) is 0 Å². The van der Waals surface area contributed by atoms with Crippen molar-refractivity contribution >= 4 is 17.3 Å². The van der Waals surface area contributed by atoms with E-state index in [1.807, 2.05) is 6.92 Å². The average Bonchev–Trinajstić information content (AvgIpc) is 3.05. The molecule has 26 heavy (non-hydrogen) atoms. The van der Waals surface area contributed by atoms with Crippen molar-refractivity contribution in [3.05, 3.63) is 16.1 Å². The second kappa shape index (κ2) is 9.55. The van der Waals surface area contributed by atoms with Gasteiger partial charge in [0.1, 0.15) is 0 Å². The van der Waals surface area contributed by atoms with E-state index in [4.69, 9.17) is 0 Å². The molecule has 2 rings (SSSR count). The molecule has 0 radical (unpaired) electrons. The molecular formula is C17H28F3N5S. The molecule has 0 bridgehead atoms. The Labute approximate surface area is 157 Å². The van der Waals surface area contributed by atoms with Crippen LogP contribution in [0, 0.1) is 0 Å². The van der Waals surface area contributed by atoms with Gasteiger partial charge in [0.25, 0.3) is 0 Å². The van der Waals surface area contributed by atoms with Crippen LogP contribution in [-0.4, -0.2) is 54.1 Å². The SMILES string of the molecule is CCNC(=NCCc1nc(C(F)(F)F)cs1)NC1CCN(C(C)C)CC1. The van der Waals surface area contributed by atoms with Gasteiger partial charge in [0.05, 0.1) is 5.01 Å². The van der Waals surface area contributed by atoms with Crippen LogP contribution in [0.15, 0.2) is 10.4 Å². The van der Waals surface area contributed by atoms with Gasteiger partial charge in [-0.3, -0.25) is 4.99 Å². The first-order valence-electron chi connectivity index (χ1n) is 9.10. The molecule has 0 saturated carbocycles. The van der Waals surface area contributed by atoms with Crippen LogP contribution in [0.4, 0.5) is 13.2 Å². The van der Waals surface area contributed by atoms with E-state index in [-0.39, 0.29) is 0 Å². The van der Waals surface area contributed by atoms with Gasteiger partial charge in [-0.2, -0.15) is 13.2 Å². The Kier molecular flexibility index (Phi) is 7.69. The van der Waals surface area contributed by atoms with E-state index >= 15 is 0 Å². The maximum absolute atomic E-state index is 12.6. The number of aromatic nitrogens is 1. The van der Waals surface area contributed by atoms with Crippen molar-refractivity contribution in [1.82, 2.24) is 20.5 Å². The van der Waals surface area contributed by atoms with Crippen LogP contribution >= 0.6 is 11.3 Å². The van der Waals surface area contributed by atoms with Crippen LogP contribution < -0.4 is 10.6 Å². The van der Waals surface area contributed by atoms with Crippen LogP contribution in [0.2, 0.25) is 0 Å². The molecule has 2 heterocycles. The highest BCUT2D eigenvalue weighted by molar-refractivity contribution is 7.09. The molecule has 0 spiro atoms. The number of thiazole rings is 1. The molecule has 5 nitrogen and oxygen atoms in total. The Balaban J connectivity index is 1.84. The summed E-state index contributed by atoms with van der Waals surface area (Å²) < 4.78 is 37.7. The zero-order valence-corrected chi connectivity index (χ0v) is 16.4. The van der Waals surface area contributed by atoms with E-state index in [1.54, 1.807) is 0 Å². The highest BCUT2D eigenvalue weighted by atomic mass is 32.1. The van der Waals surface area contributed by atoms with Gasteiger partial charge in [-0.15, -0.1) is 11.3 Å². The van der Waals surface area contributed by atoms with E-state index < -0.39 is 11.9 Å². The van der Waals surface area contributed by atoms with E-state index in [1.165, 1.54) is 0 Å². The number of halogens is 3. The minimum atomic E-state index is -4.38. The third kappa shape index (κ3) is 6.42. The number of piperidine rings is 1. The fourth-order valence-corrected chi connectivity index (χ4v) is 3.69. The fourth-order valence-electron chi connectivity index (χ4n) is 2.89. The highest BCUT2D eigenvalue weighted by Crippen LogP contribution is 2.30. The second-order valence-corrected chi connectivity index (χ2v) is 7.63. The zero-order valence-electron chi connectivity index (χ0n) is 15.6. The third-order valence-corrected chi connectivity index (χ3v) is 5.29. The quantitative estimate of drug-likeness (QED) is 0.578. The summed E-state index contributed by atoms with van der Waals surface area (Å²) in [4.78, 5) is 10.6. The number of rotatable bonds is 6. The standard InChI is InChI=1S/C17H28F3N5S/c1-4-21-16(23-13-6-9-25(10-7-13)12(2)3)22-8-5-15-24-14(11-26-15)17(18,19)20/h11-13H,4-10H2,1-3H3,(H2,21,22,23). The smallest absolute Gasteiger partial charge is 0.357 e. The Morgan fingerprint density at radius 1 is 1.38 bits per heavy atom. The molecule has 0 aromatic carbocycles. The zero-order chi connectivity index (χ0) is 19.2. The largest absolute Gasteiger partial charge is 0.434 e. The van der Waals surface area contributed by atoms with Crippen molar-refractivity contribution in [3.63, 3.8) is 0 Å². The highest BCUT2D eigenvalue weighted by Gasteiger charge is 2.33. The summed E-state index contributed by atoms with van der Waals surface area (Å²) in [6, 6.07) is 0.942. The number of aliphatic imine (C=N–C) groups is 1. The molecule has 2 N–H and O–H groups in total. The van der Waals surface area contributed by atoms with Crippen molar-refractivity contribution in [3.8, 4) is 0 Å². The van der Waals surface area contributed by atoms with Gasteiger partial charge in [-0.1, -0.05) is 0 Å². The monoisotopic (exact) mass is 391 g/mol. The Morgan fingerprint density at radius 2 is 2.08 bits per heavy atom. The van der Waals surface area contributed by atoms with Gasteiger partial charge in [0, 0.05) is 50.1 Å². The molecule has 9 heteroatoms. The average molecular weight is 392 g/mol. The fraction of sp³-hybridized carbons (Fsp3) is 0.765. The molecule has 148 valence electrons. The first-order valence-corrected chi connectivity index (χ1v) is 9.98. The minimum Gasteiger partial charge on any atom is -0.357 e. The van der Waals surface area contributed by atoms with Gasteiger partial charge in [-0.05, 0) is 33.6 Å². The van der Waals surface area contributed by atoms with E-state index in [2.05, 4.69) is 39.4 Å². The van der Waals surface area contributed by atoms with Crippen LogP contribution in [0.1, 0.15) is 44.3 Å². The number of likely N-dealkylation sites (tertiary alicyclic amines) is 1. The topological polar surface area (TPSA) is 52.6 Å². The summed E-state index contributed by atoms with van der Waals surface area (Å²) >= 11 is 1.03. The van der Waals surface area contributed by atoms with Crippen molar-refractivity contribution < 1.29 is 13.2 Å². The molecular weight excluding hydrogens is 363 g/mol. The minimum absolute atomic E-state index is 0.375. The van der Waals surface area contributed by atoms with Crippen LogP contribution in [0.25, 0.3) is 0 Å². The van der Waals surface area contributed by atoms with Gasteiger partial charge < -0.3 is 15.5 Å². The van der Waals surface area contributed by atoms with Crippen LogP contribution in [-0.2, 0) is 12.6 Å². The Morgan fingerprint density at radius 3 is 2.62 bits per heavy atom. The maximum atomic E-state index is 12.6. The van der Waals surface area contributed by atoms with Gasteiger partial charge in [-0.25, -0.2) is 4.98 Å². The summed E-state index contributed by atoms with van der Waals surface area (Å²) in [5.41, 5.74) is -0.816. The molecule has 1 aromatic heterocycles. The Hall–Kier alpha value is -1.35. The Bertz CT molecular complexity index is 577. The summed E-state index contributed by atoms with van der Waals surface area (Å²) in [5.74, 6) is 0.725. The molecule has 1 aliphatic rings. The molecule has 0 unspecified atom stereocenters. The van der Waals surface area contributed by atoms with E-state index in [9.17, 15) is 13.2 Å². The maximum Gasteiger partial charge on any atom is 0.434 e. The normalized spacial score (nSPS) is 17.7. The van der Waals surface area contributed by atoms with Crippen molar-refractivity contribution in [2.24, 2.45) is 4.99 Å². The van der Waals surface area contributed by atoms with E-state index in [0.717, 1.165) is 55.2 Å². The molecule has 0 amide bonds. The lowest BCUT2D eigenvalue weighted by molar-refractivity contribution is -0.140. The first-order chi connectivity index (χ1) is 12.3. The molecule has 1 saturated heterocycles. The van der Waals surface area contributed by atoms with Crippen LogP contribution in [0.5, 0.6) is 0 Å². The number of nitrogens with zero attached hydrogens (tertiary/aromatic N) is 3. The summed E-state index contributed by atoms with van der Waals surface area (Å²) in [7, 11) is 0. The van der Waals surface area contributed by atoms with Crippen molar-refractivity contribution in [2.75, 3.05) is 26.2 Å². The predicted molar refractivity (Wildman–Crippen MR) is 99.7 cm³/mol. The lowest BCUT2D eigenvalue weighted by Crippen LogP contribution is -2.49. The number of hydrogen-bond acceptors (Lipinski definition) is 4. The lowest BCUT2D eigenvalue weighted by Gasteiger charge is -2.35. The molecule has 1 fully saturated rings. The third-order valence-electron chi connectivity index (χ3n) is 4.38. The van der Waals surface area contributed by atoms with Gasteiger partial charge in [0.2, 0.25) is 0 Å². The van der Waals surface area contributed by atoms with Gasteiger partial charge >= 0.3 is 6.18 Å². The summed E-state index contributed by atoms with van der Waals surface area (Å²) in [5, 5.41) is 8.18. The predicted octanol–water partition coefficient (Wildman–Crippen LogP) is 3.13. The number of hydrogen-bond donors (Lipinski definition) is 2. The number of guanidine groups is 1. The van der Waals surface area contributed by atoms with Crippen molar-refractivity contribution in [2.45, 2.75) is 58.3 Å². The lowest BCUT2D eigenvalue weighted by atomic mass is 10.0. The summed E-state index contributed by atoms with van der Waals surface area (Å²) in [6.07, 6.45) is -1.85. The van der Waals surface area contributed by atoms with Crippen LogP contribution in [0.3, 0.4) is 0 Å². The van der Waals surface area contributed by atoms with Gasteiger partial charge in [0.15, 0.2) is 11.7 Å². The second-order valence-electron chi connectivity index (χ2n) is 6.68.